The molecule has 1 aliphatic rings. The molecule has 0 aliphatic carbocycles. The summed E-state index contributed by atoms with van der Waals surface area (Å²) >= 11 is 0. The quantitative estimate of drug-likeness (QED) is 0.217. The van der Waals surface area contributed by atoms with Crippen LogP contribution in [-0.4, -0.2) is 36.5 Å². The van der Waals surface area contributed by atoms with Crippen molar-refractivity contribution in [3.05, 3.63) is 36.5 Å². The minimum atomic E-state index is -0.477. The van der Waals surface area contributed by atoms with Gasteiger partial charge in [0, 0.05) is 6.42 Å². The Bertz CT molecular complexity index is 439. The number of epoxide rings is 1. The lowest BCUT2D eigenvalue weighted by molar-refractivity contribution is -0.140. The van der Waals surface area contributed by atoms with Gasteiger partial charge < -0.3 is 14.6 Å². The third-order valence-electron chi connectivity index (χ3n) is 4.24. The van der Waals surface area contributed by atoms with Crippen LogP contribution < -0.4 is 0 Å². The fourth-order valence-corrected chi connectivity index (χ4v) is 2.64. The molecule has 0 aromatic heterocycles. The van der Waals surface area contributed by atoms with Crippen molar-refractivity contribution >= 4 is 5.97 Å². The number of rotatable bonds is 14. The summed E-state index contributed by atoms with van der Waals surface area (Å²) in [6.07, 6.45) is 20.6. The predicted molar refractivity (Wildman–Crippen MR) is 101 cm³/mol. The average molecular weight is 350 g/mol. The summed E-state index contributed by atoms with van der Waals surface area (Å²) in [5.74, 6) is -0.147. The molecule has 1 heterocycles. The smallest absolute Gasteiger partial charge is 0.305 e. The van der Waals surface area contributed by atoms with Crippen LogP contribution in [0.2, 0.25) is 0 Å². The van der Waals surface area contributed by atoms with Crippen molar-refractivity contribution in [2.75, 3.05) is 7.11 Å². The second-order valence-electron chi connectivity index (χ2n) is 6.44. The van der Waals surface area contributed by atoms with Gasteiger partial charge in [-0.2, -0.15) is 0 Å². The highest BCUT2D eigenvalue weighted by molar-refractivity contribution is 5.69. The van der Waals surface area contributed by atoms with Gasteiger partial charge in [0.2, 0.25) is 0 Å². The van der Waals surface area contributed by atoms with Crippen LogP contribution in [0.15, 0.2) is 36.5 Å². The molecule has 0 saturated carbocycles. The lowest BCUT2D eigenvalue weighted by Crippen LogP contribution is -2.13. The standard InChI is InChI=1S/C21H34O4/c1-3-4-12-16-19-21(25-19)18(22)15-13-10-8-6-5-7-9-11-14-17-20(23)24-2/h6-9,13,15,18-19,21-22H,3-5,10-12,14,16-17H2,1-2H3/t18?,19-,21-/m0/s1. The maximum atomic E-state index is 10.9. The molecule has 142 valence electrons. The van der Waals surface area contributed by atoms with Crippen molar-refractivity contribution in [3.63, 3.8) is 0 Å². The summed E-state index contributed by atoms with van der Waals surface area (Å²) in [6.45, 7) is 2.19. The lowest BCUT2D eigenvalue weighted by Gasteiger charge is -2.00. The number of methoxy groups -OCH3 is 1. The van der Waals surface area contributed by atoms with Gasteiger partial charge in [-0.25, -0.2) is 0 Å². The van der Waals surface area contributed by atoms with Gasteiger partial charge >= 0.3 is 5.97 Å². The first-order valence-corrected chi connectivity index (χ1v) is 9.56. The highest BCUT2D eigenvalue weighted by Crippen LogP contribution is 2.30. The number of unbranched alkanes of at least 4 members (excludes halogenated alkanes) is 3. The topological polar surface area (TPSA) is 59.1 Å². The van der Waals surface area contributed by atoms with E-state index in [4.69, 9.17) is 4.74 Å². The number of aliphatic hydroxyl groups is 1. The van der Waals surface area contributed by atoms with Crippen LogP contribution >= 0.6 is 0 Å². The number of ether oxygens (including phenoxy) is 2. The van der Waals surface area contributed by atoms with E-state index in [9.17, 15) is 9.90 Å². The number of hydrogen-bond donors (Lipinski definition) is 1. The van der Waals surface area contributed by atoms with Crippen LogP contribution in [0.1, 0.15) is 64.7 Å². The van der Waals surface area contributed by atoms with Crippen LogP contribution in [0, 0.1) is 0 Å². The van der Waals surface area contributed by atoms with E-state index in [1.54, 1.807) is 0 Å². The minimum Gasteiger partial charge on any atom is -0.469 e. The molecule has 25 heavy (non-hydrogen) atoms. The summed E-state index contributed by atoms with van der Waals surface area (Å²) in [7, 11) is 1.42. The molecule has 4 heteroatoms. The third-order valence-corrected chi connectivity index (χ3v) is 4.24. The molecule has 1 saturated heterocycles. The maximum absolute atomic E-state index is 10.9. The van der Waals surface area contributed by atoms with Gasteiger partial charge in [-0.3, -0.25) is 4.79 Å². The molecule has 0 radical (unpaired) electrons. The molecular formula is C21H34O4. The Kier molecular flexibility index (Phi) is 12.0. The molecule has 1 unspecified atom stereocenters. The zero-order valence-electron chi connectivity index (χ0n) is 15.7. The van der Waals surface area contributed by atoms with Crippen molar-refractivity contribution in [2.24, 2.45) is 0 Å². The highest BCUT2D eigenvalue weighted by Gasteiger charge is 2.42. The van der Waals surface area contributed by atoms with Crippen LogP contribution in [0.5, 0.6) is 0 Å². The second-order valence-corrected chi connectivity index (χ2v) is 6.44. The first-order valence-electron chi connectivity index (χ1n) is 9.56. The summed E-state index contributed by atoms with van der Waals surface area (Å²) in [5.41, 5.74) is 0. The molecule has 0 spiro atoms. The summed E-state index contributed by atoms with van der Waals surface area (Å²) in [4.78, 5) is 10.9. The molecule has 0 bridgehead atoms. The summed E-state index contributed by atoms with van der Waals surface area (Å²) in [5, 5.41) is 10.0. The number of allylic oxidation sites excluding steroid dienone is 5. The Morgan fingerprint density at radius 1 is 1.12 bits per heavy atom. The molecule has 1 rings (SSSR count). The number of carbonyl (C=O) groups excluding carboxylic acids is 1. The van der Waals surface area contributed by atoms with E-state index in [2.05, 4.69) is 36.0 Å². The summed E-state index contributed by atoms with van der Waals surface area (Å²) < 4.78 is 10.1. The van der Waals surface area contributed by atoms with Gasteiger partial charge in [-0.05, 0) is 32.1 Å². The Balaban J connectivity index is 2.00. The van der Waals surface area contributed by atoms with Crippen molar-refractivity contribution in [1.82, 2.24) is 0 Å². The van der Waals surface area contributed by atoms with E-state index in [1.807, 2.05) is 12.2 Å². The van der Waals surface area contributed by atoms with Crippen molar-refractivity contribution in [1.29, 1.82) is 0 Å². The molecule has 0 amide bonds. The van der Waals surface area contributed by atoms with Gasteiger partial charge in [0.15, 0.2) is 0 Å². The van der Waals surface area contributed by atoms with Gasteiger partial charge in [0.25, 0.3) is 0 Å². The lowest BCUT2D eigenvalue weighted by atomic mass is 10.1. The maximum Gasteiger partial charge on any atom is 0.305 e. The first-order chi connectivity index (χ1) is 12.2. The molecule has 1 fully saturated rings. The highest BCUT2D eigenvalue weighted by atomic mass is 16.6. The number of aliphatic hydroxyl groups excluding tert-OH is 1. The van der Waals surface area contributed by atoms with Crippen LogP contribution in [0.4, 0.5) is 0 Å². The predicted octanol–water partition coefficient (Wildman–Crippen LogP) is 4.49. The Morgan fingerprint density at radius 3 is 2.56 bits per heavy atom. The van der Waals surface area contributed by atoms with E-state index in [1.165, 1.54) is 26.4 Å². The molecule has 0 aromatic rings. The minimum absolute atomic E-state index is 0.00464. The number of carbonyl (C=O) groups is 1. The Hall–Kier alpha value is -1.39. The largest absolute Gasteiger partial charge is 0.469 e. The Morgan fingerprint density at radius 2 is 1.84 bits per heavy atom. The molecular weight excluding hydrogens is 316 g/mol. The average Bonchev–Trinajstić information content (AvgIpc) is 3.39. The van der Waals surface area contributed by atoms with Crippen LogP contribution in [0.3, 0.4) is 0 Å². The molecule has 0 aromatic carbocycles. The zero-order chi connectivity index (χ0) is 18.3. The van der Waals surface area contributed by atoms with E-state index in [-0.39, 0.29) is 18.2 Å². The van der Waals surface area contributed by atoms with Gasteiger partial charge in [-0.15, -0.1) is 0 Å². The normalized spacial score (nSPS) is 21.4. The SMILES string of the molecule is CCCCC[C@@H]1O[C@H]1C(O)C=CCC=CCC=CCCCC(=O)OC. The van der Waals surface area contributed by atoms with E-state index >= 15 is 0 Å². The third kappa shape index (κ3) is 11.0. The summed E-state index contributed by atoms with van der Waals surface area (Å²) in [6, 6.07) is 0. The van der Waals surface area contributed by atoms with Gasteiger partial charge in [0.1, 0.15) is 12.2 Å². The Labute approximate surface area is 152 Å². The van der Waals surface area contributed by atoms with Crippen molar-refractivity contribution in [3.8, 4) is 0 Å². The fourth-order valence-electron chi connectivity index (χ4n) is 2.64. The number of hydrogen-bond acceptors (Lipinski definition) is 4. The molecule has 1 aliphatic heterocycles. The molecule has 3 atom stereocenters. The van der Waals surface area contributed by atoms with E-state index in [0.29, 0.717) is 6.42 Å². The van der Waals surface area contributed by atoms with Gasteiger partial charge in [0.05, 0.1) is 13.2 Å². The molecule has 4 nitrogen and oxygen atoms in total. The van der Waals surface area contributed by atoms with E-state index < -0.39 is 6.10 Å². The first kappa shape index (κ1) is 21.7. The monoisotopic (exact) mass is 350 g/mol. The van der Waals surface area contributed by atoms with Crippen LogP contribution in [0.25, 0.3) is 0 Å². The number of esters is 1. The fraction of sp³-hybridized carbons (Fsp3) is 0.667. The second kappa shape index (κ2) is 13.9. The zero-order valence-corrected chi connectivity index (χ0v) is 15.7. The van der Waals surface area contributed by atoms with Crippen LogP contribution in [-0.2, 0) is 14.3 Å². The van der Waals surface area contributed by atoms with Crippen molar-refractivity contribution < 1.29 is 19.4 Å². The van der Waals surface area contributed by atoms with Gasteiger partial charge in [-0.1, -0.05) is 62.6 Å². The van der Waals surface area contributed by atoms with E-state index in [0.717, 1.165) is 32.1 Å². The molecule has 1 N–H and O–H groups in total. The van der Waals surface area contributed by atoms with Crippen molar-refractivity contribution in [2.45, 2.75) is 83.0 Å².